The predicted octanol–water partition coefficient (Wildman–Crippen LogP) is 0.834. The van der Waals surface area contributed by atoms with Crippen molar-refractivity contribution in [2.24, 2.45) is 0 Å². The molecule has 1 heterocycles. The predicted molar refractivity (Wildman–Crippen MR) is 32.5 cm³/mol. The lowest BCUT2D eigenvalue weighted by molar-refractivity contribution is -0.388. The van der Waals surface area contributed by atoms with Gasteiger partial charge in [0.25, 0.3) is 5.88 Å². The molecule has 5 nitrogen and oxygen atoms in total. The summed E-state index contributed by atoms with van der Waals surface area (Å²) >= 11 is 0. The molecule has 0 aliphatic heterocycles. The number of nitrogens with zero attached hydrogens (tertiary/aromatic N) is 2. The molecular weight excluding hydrogens is 155 g/mol. The van der Waals surface area contributed by atoms with Gasteiger partial charge in [-0.15, -0.1) is 0 Å². The van der Waals surface area contributed by atoms with E-state index in [9.17, 15) is 14.5 Å². The maximum atomic E-state index is 12.5. The second kappa shape index (κ2) is 2.49. The number of pyridine rings is 1. The van der Waals surface area contributed by atoms with Gasteiger partial charge in [0.2, 0.25) is 5.82 Å². The van der Waals surface area contributed by atoms with E-state index in [4.69, 9.17) is 5.11 Å². The maximum Gasteiger partial charge on any atom is 0.366 e. The molecule has 1 aromatic heterocycles. The van der Waals surface area contributed by atoms with Crippen LogP contribution in [0.4, 0.5) is 10.1 Å². The molecule has 0 aliphatic rings. The smallest absolute Gasteiger partial charge is 0.366 e. The fourth-order valence-corrected chi connectivity index (χ4v) is 0.589. The summed E-state index contributed by atoms with van der Waals surface area (Å²) in [7, 11) is 0. The molecular formula is C5H3FN2O3. The van der Waals surface area contributed by atoms with Crippen LogP contribution in [0.1, 0.15) is 0 Å². The zero-order valence-electron chi connectivity index (χ0n) is 5.19. The van der Waals surface area contributed by atoms with E-state index >= 15 is 0 Å². The number of nitro groups is 1. The molecule has 0 radical (unpaired) electrons. The van der Waals surface area contributed by atoms with E-state index in [0.717, 1.165) is 12.3 Å². The Morgan fingerprint density at radius 3 is 2.73 bits per heavy atom. The van der Waals surface area contributed by atoms with Crippen LogP contribution < -0.4 is 0 Å². The van der Waals surface area contributed by atoms with E-state index in [1.165, 1.54) is 0 Å². The summed E-state index contributed by atoms with van der Waals surface area (Å²) in [6, 6.07) is 0.803. The first kappa shape index (κ1) is 7.39. The first-order chi connectivity index (χ1) is 5.13. The molecule has 0 unspecified atom stereocenters. The van der Waals surface area contributed by atoms with E-state index < -0.39 is 22.3 Å². The Kier molecular flexibility index (Phi) is 1.67. The van der Waals surface area contributed by atoms with Crippen LogP contribution >= 0.6 is 0 Å². The summed E-state index contributed by atoms with van der Waals surface area (Å²) in [6.45, 7) is 0. The van der Waals surface area contributed by atoms with E-state index in [-0.39, 0.29) is 0 Å². The molecule has 11 heavy (non-hydrogen) atoms. The van der Waals surface area contributed by atoms with Crippen molar-refractivity contribution in [1.82, 2.24) is 4.98 Å². The number of rotatable bonds is 1. The number of hydrogen-bond acceptors (Lipinski definition) is 4. The van der Waals surface area contributed by atoms with Gasteiger partial charge < -0.3 is 5.11 Å². The lowest BCUT2D eigenvalue weighted by atomic mass is 10.4. The molecule has 0 amide bonds. The van der Waals surface area contributed by atoms with Gasteiger partial charge in [0.05, 0.1) is 4.92 Å². The average Bonchev–Trinajstić information content (AvgIpc) is 1.85. The Balaban J connectivity index is 3.32. The molecule has 0 fully saturated rings. The standard InChI is InChI=1S/C5H3FN2O3/c6-3-1-2-7-5(9)4(3)8(10)11/h1-2H,(H,7,9). The van der Waals surface area contributed by atoms with Crippen molar-refractivity contribution >= 4 is 5.69 Å². The van der Waals surface area contributed by atoms with Crippen LogP contribution in [-0.2, 0) is 0 Å². The molecule has 0 saturated carbocycles. The van der Waals surface area contributed by atoms with Crippen LogP contribution in [0.15, 0.2) is 12.3 Å². The molecule has 0 spiro atoms. The van der Waals surface area contributed by atoms with E-state index in [2.05, 4.69) is 4.98 Å². The van der Waals surface area contributed by atoms with Crippen LogP contribution in [0.25, 0.3) is 0 Å². The lowest BCUT2D eigenvalue weighted by Crippen LogP contribution is -1.93. The van der Waals surface area contributed by atoms with Gasteiger partial charge >= 0.3 is 5.69 Å². The molecule has 0 bridgehead atoms. The van der Waals surface area contributed by atoms with Gasteiger partial charge in [-0.2, -0.15) is 4.39 Å². The number of aromatic nitrogens is 1. The molecule has 0 aliphatic carbocycles. The Labute approximate surface area is 60.3 Å². The fraction of sp³-hybridized carbons (Fsp3) is 0. The van der Waals surface area contributed by atoms with Crippen molar-refractivity contribution < 1.29 is 14.4 Å². The van der Waals surface area contributed by atoms with Gasteiger partial charge in [0.15, 0.2) is 0 Å². The highest BCUT2D eigenvalue weighted by molar-refractivity contribution is 5.40. The van der Waals surface area contributed by atoms with Gasteiger partial charge in [-0.3, -0.25) is 10.1 Å². The maximum absolute atomic E-state index is 12.5. The molecule has 0 atom stereocenters. The minimum Gasteiger partial charge on any atom is -0.488 e. The third-order valence-electron chi connectivity index (χ3n) is 1.04. The fourth-order valence-electron chi connectivity index (χ4n) is 0.589. The van der Waals surface area contributed by atoms with E-state index in [1.54, 1.807) is 0 Å². The highest BCUT2D eigenvalue weighted by Crippen LogP contribution is 2.24. The highest BCUT2D eigenvalue weighted by atomic mass is 19.1. The summed E-state index contributed by atoms with van der Waals surface area (Å²) in [6.07, 6.45) is 0.942. The van der Waals surface area contributed by atoms with Crippen LogP contribution in [0.2, 0.25) is 0 Å². The second-order valence-electron chi connectivity index (χ2n) is 1.72. The summed E-state index contributed by atoms with van der Waals surface area (Å²) in [5.41, 5.74) is -0.993. The van der Waals surface area contributed by atoms with Gasteiger partial charge in [-0.1, -0.05) is 0 Å². The van der Waals surface area contributed by atoms with Gasteiger partial charge in [0.1, 0.15) is 0 Å². The quantitative estimate of drug-likeness (QED) is 0.485. The third kappa shape index (κ3) is 1.23. The van der Waals surface area contributed by atoms with Crippen LogP contribution in [-0.4, -0.2) is 15.0 Å². The third-order valence-corrected chi connectivity index (χ3v) is 1.04. The Morgan fingerprint density at radius 2 is 2.36 bits per heavy atom. The summed E-state index contributed by atoms with van der Waals surface area (Å²) < 4.78 is 12.5. The van der Waals surface area contributed by atoms with E-state index in [0.29, 0.717) is 0 Å². The average molecular weight is 158 g/mol. The normalized spacial score (nSPS) is 9.55. The van der Waals surface area contributed by atoms with E-state index in [1.807, 2.05) is 0 Å². The van der Waals surface area contributed by atoms with Gasteiger partial charge in [0, 0.05) is 6.20 Å². The monoisotopic (exact) mass is 158 g/mol. The van der Waals surface area contributed by atoms with Crippen LogP contribution in [0.5, 0.6) is 5.88 Å². The lowest BCUT2D eigenvalue weighted by Gasteiger charge is -1.93. The number of aromatic hydroxyl groups is 1. The first-order valence-corrected chi connectivity index (χ1v) is 2.61. The molecule has 6 heteroatoms. The van der Waals surface area contributed by atoms with Crippen molar-refractivity contribution in [3.63, 3.8) is 0 Å². The zero-order valence-corrected chi connectivity index (χ0v) is 5.19. The van der Waals surface area contributed by atoms with Crippen LogP contribution in [0, 0.1) is 15.9 Å². The van der Waals surface area contributed by atoms with Crippen molar-refractivity contribution in [1.29, 1.82) is 0 Å². The van der Waals surface area contributed by atoms with Gasteiger partial charge in [-0.25, -0.2) is 4.98 Å². The molecule has 1 N–H and O–H groups in total. The Bertz CT molecular complexity index is 282. The number of hydrogen-bond donors (Lipinski definition) is 1. The zero-order chi connectivity index (χ0) is 8.43. The van der Waals surface area contributed by atoms with Crippen molar-refractivity contribution in [2.45, 2.75) is 0 Å². The summed E-state index contributed by atoms with van der Waals surface area (Å²) in [5.74, 6) is -2.00. The molecule has 0 saturated heterocycles. The molecule has 1 rings (SSSR count). The molecule has 58 valence electrons. The van der Waals surface area contributed by atoms with Crippen LogP contribution in [0.3, 0.4) is 0 Å². The van der Waals surface area contributed by atoms with Crippen molar-refractivity contribution in [3.8, 4) is 5.88 Å². The molecule has 0 aromatic carbocycles. The Hall–Kier alpha value is -1.72. The van der Waals surface area contributed by atoms with Crippen molar-refractivity contribution in [2.75, 3.05) is 0 Å². The SMILES string of the molecule is O=[N+]([O-])c1c(F)ccnc1O. The highest BCUT2D eigenvalue weighted by Gasteiger charge is 2.20. The molecule has 1 aromatic rings. The summed E-state index contributed by atoms with van der Waals surface area (Å²) in [5, 5.41) is 18.7. The van der Waals surface area contributed by atoms with Gasteiger partial charge in [-0.05, 0) is 6.07 Å². The first-order valence-electron chi connectivity index (χ1n) is 2.61. The topological polar surface area (TPSA) is 76.3 Å². The number of halogens is 1. The minimum atomic E-state index is -1.09. The Morgan fingerprint density at radius 1 is 1.73 bits per heavy atom. The second-order valence-corrected chi connectivity index (χ2v) is 1.72. The summed E-state index contributed by atoms with van der Waals surface area (Å²) in [4.78, 5) is 12.1. The largest absolute Gasteiger partial charge is 0.488 e. The minimum absolute atomic E-state index is 0.803. The van der Waals surface area contributed by atoms with Crippen molar-refractivity contribution in [3.05, 3.63) is 28.2 Å².